The van der Waals surface area contributed by atoms with Crippen molar-refractivity contribution in [2.45, 2.75) is 4.90 Å². The number of benzene rings is 2. The Labute approximate surface area is 170 Å². The number of ether oxygens (including phenoxy) is 2. The molecule has 0 aliphatic heterocycles. The van der Waals surface area contributed by atoms with Gasteiger partial charge in [-0.3, -0.25) is 4.79 Å². The van der Waals surface area contributed by atoms with Crippen molar-refractivity contribution in [1.82, 2.24) is 0 Å². The molecule has 0 aliphatic rings. The minimum absolute atomic E-state index is 0.0787. The first-order valence-electron chi connectivity index (χ1n) is 7.80. The number of carbonyl (C=O) groups excluding carboxylic acids is 2. The Morgan fingerprint density at radius 1 is 1.18 bits per heavy atom. The average Bonchev–Trinajstić information content (AvgIpc) is 2.64. The minimum atomic E-state index is -3.81. The first-order chi connectivity index (χ1) is 13.2. The third kappa shape index (κ3) is 6.48. The van der Waals surface area contributed by atoms with Gasteiger partial charge in [0.25, 0.3) is 5.91 Å². The zero-order chi connectivity index (χ0) is 20.7. The highest BCUT2D eigenvalue weighted by molar-refractivity contribution is 9.10. The summed E-state index contributed by atoms with van der Waals surface area (Å²) >= 11 is 3.33. The fourth-order valence-corrected chi connectivity index (χ4v) is 3.00. The van der Waals surface area contributed by atoms with Gasteiger partial charge in [0.15, 0.2) is 6.61 Å². The number of halogens is 1. The summed E-state index contributed by atoms with van der Waals surface area (Å²) in [5, 5.41) is 7.47. The van der Waals surface area contributed by atoms with E-state index in [2.05, 4.69) is 21.2 Å². The van der Waals surface area contributed by atoms with Gasteiger partial charge < -0.3 is 14.8 Å². The summed E-state index contributed by atoms with van der Waals surface area (Å²) in [4.78, 5) is 23.5. The summed E-state index contributed by atoms with van der Waals surface area (Å²) < 4.78 is 33.2. The molecule has 0 spiro atoms. The molecule has 10 heteroatoms. The van der Waals surface area contributed by atoms with E-state index in [4.69, 9.17) is 14.6 Å². The van der Waals surface area contributed by atoms with Gasteiger partial charge in [0.05, 0.1) is 12.0 Å². The lowest BCUT2D eigenvalue weighted by molar-refractivity contribution is -0.142. The van der Waals surface area contributed by atoms with Crippen molar-refractivity contribution in [2.75, 3.05) is 19.0 Å². The Balaban J connectivity index is 1.89. The molecule has 2 aromatic carbocycles. The number of rotatable bonds is 7. The smallest absolute Gasteiger partial charge is 0.331 e. The van der Waals surface area contributed by atoms with Crippen molar-refractivity contribution in [2.24, 2.45) is 5.14 Å². The number of hydrogen-bond acceptors (Lipinski definition) is 6. The summed E-state index contributed by atoms with van der Waals surface area (Å²) in [5.41, 5.74) is 0.996. The standard InChI is InChI=1S/C18H17BrN2O6S/c1-26-16-8-3-13(19)10-12(16)2-9-18(23)27-11-17(22)21-14-4-6-15(7-5-14)28(20,24)25/h2-10H,11H2,1H3,(H,21,22)(H2,20,24,25)/b9-2+. The van der Waals surface area contributed by atoms with Crippen LogP contribution >= 0.6 is 15.9 Å². The summed E-state index contributed by atoms with van der Waals surface area (Å²) in [5.74, 6) is -0.708. The summed E-state index contributed by atoms with van der Waals surface area (Å²) in [6.45, 7) is -0.504. The highest BCUT2D eigenvalue weighted by Gasteiger charge is 2.09. The number of anilines is 1. The van der Waals surface area contributed by atoms with Crippen LogP contribution in [0.5, 0.6) is 5.75 Å². The van der Waals surface area contributed by atoms with E-state index in [0.717, 1.165) is 4.47 Å². The van der Waals surface area contributed by atoms with E-state index >= 15 is 0 Å². The van der Waals surface area contributed by atoms with Crippen LogP contribution in [0.1, 0.15) is 5.56 Å². The van der Waals surface area contributed by atoms with Crippen LogP contribution in [0.3, 0.4) is 0 Å². The van der Waals surface area contributed by atoms with Crippen molar-refractivity contribution in [1.29, 1.82) is 0 Å². The zero-order valence-electron chi connectivity index (χ0n) is 14.7. The highest BCUT2D eigenvalue weighted by Crippen LogP contribution is 2.24. The normalized spacial score (nSPS) is 11.2. The molecule has 0 aliphatic carbocycles. The quantitative estimate of drug-likeness (QED) is 0.474. The molecule has 0 saturated carbocycles. The van der Waals surface area contributed by atoms with Crippen molar-refractivity contribution < 1.29 is 27.5 Å². The number of primary sulfonamides is 1. The van der Waals surface area contributed by atoms with Crippen LogP contribution in [0.15, 0.2) is 57.9 Å². The van der Waals surface area contributed by atoms with Crippen molar-refractivity contribution in [3.63, 3.8) is 0 Å². The fourth-order valence-electron chi connectivity index (χ4n) is 2.10. The number of esters is 1. The van der Waals surface area contributed by atoms with E-state index in [9.17, 15) is 18.0 Å². The maximum absolute atomic E-state index is 11.8. The predicted molar refractivity (Wildman–Crippen MR) is 107 cm³/mol. The van der Waals surface area contributed by atoms with Crippen LogP contribution in [-0.4, -0.2) is 34.0 Å². The van der Waals surface area contributed by atoms with Gasteiger partial charge in [0.1, 0.15) is 5.75 Å². The maximum atomic E-state index is 11.8. The van der Waals surface area contributed by atoms with Crippen molar-refractivity contribution >= 4 is 49.6 Å². The van der Waals surface area contributed by atoms with Gasteiger partial charge in [0, 0.05) is 21.8 Å². The topological polar surface area (TPSA) is 125 Å². The maximum Gasteiger partial charge on any atom is 0.331 e. The Morgan fingerprint density at radius 2 is 1.86 bits per heavy atom. The summed E-state index contributed by atoms with van der Waals surface area (Å²) in [6, 6.07) is 10.6. The van der Waals surface area contributed by atoms with Crippen LogP contribution in [-0.2, 0) is 24.3 Å². The number of carbonyl (C=O) groups is 2. The summed E-state index contributed by atoms with van der Waals surface area (Å²) in [6.07, 6.45) is 2.69. The number of amides is 1. The molecule has 2 rings (SSSR count). The van der Waals surface area contributed by atoms with E-state index in [1.165, 1.54) is 43.5 Å². The third-order valence-electron chi connectivity index (χ3n) is 3.40. The Hall–Kier alpha value is -2.69. The Morgan fingerprint density at radius 3 is 2.46 bits per heavy atom. The average molecular weight is 469 g/mol. The molecule has 0 aromatic heterocycles. The fraction of sp³-hybridized carbons (Fsp3) is 0.111. The largest absolute Gasteiger partial charge is 0.496 e. The molecule has 0 heterocycles. The summed E-state index contributed by atoms with van der Waals surface area (Å²) in [7, 11) is -2.30. The van der Waals surface area contributed by atoms with Gasteiger partial charge in [-0.05, 0) is 48.5 Å². The lowest BCUT2D eigenvalue weighted by Crippen LogP contribution is -2.20. The lowest BCUT2D eigenvalue weighted by atomic mass is 10.2. The zero-order valence-corrected chi connectivity index (χ0v) is 17.1. The van der Waals surface area contributed by atoms with Crippen LogP contribution in [0.2, 0.25) is 0 Å². The second kappa shape index (κ2) is 9.49. The van der Waals surface area contributed by atoms with Gasteiger partial charge in [-0.25, -0.2) is 18.4 Å². The molecular weight excluding hydrogens is 452 g/mol. The van der Waals surface area contributed by atoms with Crippen LogP contribution in [0.25, 0.3) is 6.08 Å². The third-order valence-corrected chi connectivity index (χ3v) is 4.83. The molecule has 2 aromatic rings. The Bertz CT molecular complexity index is 1000. The molecule has 0 bridgehead atoms. The molecule has 0 fully saturated rings. The van der Waals surface area contributed by atoms with Crippen molar-refractivity contribution in [3.05, 3.63) is 58.6 Å². The van der Waals surface area contributed by atoms with E-state index in [1.807, 2.05) is 0 Å². The molecular formula is C18H17BrN2O6S. The number of nitrogens with one attached hydrogen (secondary N) is 1. The molecule has 148 valence electrons. The van der Waals surface area contributed by atoms with Crippen molar-refractivity contribution in [3.8, 4) is 5.75 Å². The van der Waals surface area contributed by atoms with Gasteiger partial charge in [-0.15, -0.1) is 0 Å². The number of methoxy groups -OCH3 is 1. The van der Waals surface area contributed by atoms with Gasteiger partial charge >= 0.3 is 5.97 Å². The second-order valence-corrected chi connectivity index (χ2v) is 7.92. The lowest BCUT2D eigenvalue weighted by Gasteiger charge is -2.07. The van der Waals surface area contributed by atoms with E-state index in [-0.39, 0.29) is 4.90 Å². The van der Waals surface area contributed by atoms with Gasteiger partial charge in [0.2, 0.25) is 10.0 Å². The molecule has 0 saturated heterocycles. The number of nitrogens with two attached hydrogens (primary N) is 1. The van der Waals surface area contributed by atoms with Crippen LogP contribution in [0, 0.1) is 0 Å². The molecule has 28 heavy (non-hydrogen) atoms. The molecule has 0 atom stereocenters. The molecule has 0 unspecified atom stereocenters. The number of sulfonamides is 1. The van der Waals surface area contributed by atoms with Gasteiger partial charge in [-0.1, -0.05) is 15.9 Å². The minimum Gasteiger partial charge on any atom is -0.496 e. The molecule has 3 N–H and O–H groups in total. The van der Waals surface area contributed by atoms with Crippen LogP contribution in [0.4, 0.5) is 5.69 Å². The molecule has 8 nitrogen and oxygen atoms in total. The first kappa shape index (κ1) is 21.6. The van der Waals surface area contributed by atoms with E-state index in [0.29, 0.717) is 17.0 Å². The first-order valence-corrected chi connectivity index (χ1v) is 10.1. The van der Waals surface area contributed by atoms with Gasteiger partial charge in [-0.2, -0.15) is 0 Å². The SMILES string of the molecule is COc1ccc(Br)cc1/C=C/C(=O)OCC(=O)Nc1ccc(S(N)(=O)=O)cc1. The molecule has 0 radical (unpaired) electrons. The monoisotopic (exact) mass is 468 g/mol. The predicted octanol–water partition coefficient (Wildman–Crippen LogP) is 2.30. The van der Waals surface area contributed by atoms with Crippen LogP contribution < -0.4 is 15.2 Å². The highest BCUT2D eigenvalue weighted by atomic mass is 79.9. The second-order valence-electron chi connectivity index (χ2n) is 5.44. The molecule has 1 amide bonds. The number of hydrogen-bond donors (Lipinski definition) is 2. The van der Waals surface area contributed by atoms with E-state index in [1.54, 1.807) is 18.2 Å². The van der Waals surface area contributed by atoms with E-state index < -0.39 is 28.5 Å². The Kier molecular flexibility index (Phi) is 7.32.